The molecule has 0 aliphatic rings. The quantitative estimate of drug-likeness (QED) is 0.184. The molecule has 0 aromatic heterocycles. The zero-order valence-electron chi connectivity index (χ0n) is 16.7. The van der Waals surface area contributed by atoms with E-state index in [-0.39, 0.29) is 15.4 Å². The zero-order valence-corrected chi connectivity index (χ0v) is 21.2. The third kappa shape index (κ3) is 23.4. The van der Waals surface area contributed by atoms with Crippen LogP contribution < -0.4 is 0 Å². The molecule has 0 bridgehead atoms. The molecule has 2 radical (unpaired) electrons. The molecule has 0 saturated carbocycles. The summed E-state index contributed by atoms with van der Waals surface area (Å²) in [5.41, 5.74) is 0. The first-order valence-corrected chi connectivity index (χ1v) is 18.3. The van der Waals surface area contributed by atoms with Crippen molar-refractivity contribution in [2.45, 2.75) is 125 Å². The van der Waals surface area contributed by atoms with E-state index in [0.29, 0.717) is 0 Å². The van der Waals surface area contributed by atoms with Crippen molar-refractivity contribution in [1.82, 2.24) is 0 Å². The van der Waals surface area contributed by atoms with Gasteiger partial charge in [-0.3, -0.25) is 0 Å². The third-order valence-corrected chi connectivity index (χ3v) is 14.3. The molecule has 22 heavy (non-hydrogen) atoms. The molecule has 0 unspecified atom stereocenters. The Morgan fingerprint density at radius 3 is 1.09 bits per heavy atom. The second-order valence-corrected chi connectivity index (χ2v) is 16.6. The first-order valence-electron chi connectivity index (χ1n) is 10.4. The Balaban J connectivity index is 0. The third-order valence-electron chi connectivity index (χ3n) is 4.18. The van der Waals surface area contributed by atoms with Crippen LogP contribution in [-0.4, -0.2) is 29.8 Å². The number of hydrogen-bond donors (Lipinski definition) is 0. The molecule has 0 aliphatic heterocycles. The van der Waals surface area contributed by atoms with E-state index in [1.54, 1.807) is 26.3 Å². The van der Waals surface area contributed by atoms with E-state index in [0.717, 1.165) is 0 Å². The summed E-state index contributed by atoms with van der Waals surface area (Å²) in [6.45, 7) is 11.6. The molecular formula is C20H46Ge2. The van der Waals surface area contributed by atoms with E-state index in [4.69, 9.17) is 0 Å². The molecule has 0 aromatic rings. The van der Waals surface area contributed by atoms with Crippen LogP contribution in [0.25, 0.3) is 0 Å². The van der Waals surface area contributed by atoms with Gasteiger partial charge in [0.05, 0.1) is 0 Å². The molecule has 0 amide bonds. The fourth-order valence-electron chi connectivity index (χ4n) is 2.50. The summed E-state index contributed by atoms with van der Waals surface area (Å²) in [6, 6.07) is 0. The first-order chi connectivity index (χ1) is 10.8. The zero-order chi connectivity index (χ0) is 16.9. The summed E-state index contributed by atoms with van der Waals surface area (Å²) in [6.07, 6.45) is 14.6. The van der Waals surface area contributed by atoms with Crippen molar-refractivity contribution in [3.63, 3.8) is 0 Å². The van der Waals surface area contributed by atoms with E-state index in [1.807, 2.05) is 0 Å². The van der Waals surface area contributed by atoms with Gasteiger partial charge >= 0.3 is 155 Å². The number of rotatable bonds is 15. The summed E-state index contributed by atoms with van der Waals surface area (Å²) in [4.78, 5) is 0. The van der Waals surface area contributed by atoms with Crippen molar-refractivity contribution in [2.24, 2.45) is 0 Å². The van der Waals surface area contributed by atoms with E-state index in [1.165, 1.54) is 64.2 Å². The van der Waals surface area contributed by atoms with Crippen LogP contribution in [0, 0.1) is 0 Å². The Hall–Kier alpha value is 1.09. The molecule has 2 heteroatoms. The fraction of sp³-hybridized carbons (Fsp3) is 1.00. The molecule has 134 valence electrons. The van der Waals surface area contributed by atoms with Crippen molar-refractivity contribution in [3.8, 4) is 0 Å². The van der Waals surface area contributed by atoms with Gasteiger partial charge in [-0.1, -0.05) is 0 Å². The van der Waals surface area contributed by atoms with E-state index < -0.39 is 14.3 Å². The Morgan fingerprint density at radius 2 is 0.818 bits per heavy atom. The maximum atomic E-state index is 2.33. The van der Waals surface area contributed by atoms with Gasteiger partial charge in [-0.15, -0.1) is 0 Å². The van der Waals surface area contributed by atoms with Crippen LogP contribution in [0.3, 0.4) is 0 Å². The van der Waals surface area contributed by atoms with E-state index in [2.05, 4.69) is 34.6 Å². The molecule has 0 heterocycles. The minimum absolute atomic E-state index is 0.255. The molecule has 0 nitrogen and oxygen atoms in total. The summed E-state index contributed by atoms with van der Waals surface area (Å²) in [5.74, 6) is 0. The van der Waals surface area contributed by atoms with E-state index in [9.17, 15) is 0 Å². The molecule has 0 aliphatic carbocycles. The number of unbranched alkanes of at least 4 members (excludes halogenated alkanes) is 5. The minimum atomic E-state index is -0.552. The van der Waals surface area contributed by atoms with Gasteiger partial charge in [0.15, 0.2) is 0 Å². The molecular weight excluding hydrogens is 385 g/mol. The Bertz CT molecular complexity index is 146. The van der Waals surface area contributed by atoms with Gasteiger partial charge in [-0.05, 0) is 0 Å². The van der Waals surface area contributed by atoms with Crippen LogP contribution >= 0.6 is 0 Å². The first kappa shape index (κ1) is 25.3. The van der Waals surface area contributed by atoms with Crippen molar-refractivity contribution in [3.05, 3.63) is 0 Å². The molecule has 0 saturated heterocycles. The summed E-state index contributed by atoms with van der Waals surface area (Å²) in [5, 5.41) is 8.17. The Kier molecular flexibility index (Phi) is 28.0. The molecule has 0 rings (SSSR count). The monoisotopic (exact) mass is 434 g/mol. The van der Waals surface area contributed by atoms with Crippen LogP contribution in [0.15, 0.2) is 0 Å². The Morgan fingerprint density at radius 1 is 0.500 bits per heavy atom. The predicted octanol–water partition coefficient (Wildman–Crippen LogP) is 7.74. The summed E-state index contributed by atoms with van der Waals surface area (Å²) >= 11 is -0.297. The van der Waals surface area contributed by atoms with Crippen LogP contribution in [0.4, 0.5) is 0 Å². The molecule has 0 atom stereocenters. The molecule has 0 N–H and O–H groups in total. The van der Waals surface area contributed by atoms with Crippen LogP contribution in [0.2, 0.25) is 26.3 Å². The molecule has 0 spiro atoms. The standard InChI is InChI=1S/C12H27Ge.C8H19Ge/c1-4-7-10-13(11-8-5-2)12-9-6-3;1-3-5-7-9-8-6-4-2/h4-12H2,1-3H3;9H,3-8H2,1-2H3. The predicted molar refractivity (Wildman–Crippen MR) is 111 cm³/mol. The van der Waals surface area contributed by atoms with Crippen LogP contribution in [0.1, 0.15) is 98.8 Å². The van der Waals surface area contributed by atoms with Crippen molar-refractivity contribution >= 4 is 29.8 Å². The van der Waals surface area contributed by atoms with Gasteiger partial charge in [0, 0.05) is 0 Å². The van der Waals surface area contributed by atoms with Gasteiger partial charge < -0.3 is 0 Å². The second-order valence-electron chi connectivity index (χ2n) is 6.63. The normalized spacial score (nSPS) is 10.6. The molecule has 0 aromatic carbocycles. The summed E-state index contributed by atoms with van der Waals surface area (Å²) < 4.78 is 0. The summed E-state index contributed by atoms with van der Waals surface area (Å²) in [7, 11) is 0. The van der Waals surface area contributed by atoms with Crippen molar-refractivity contribution < 1.29 is 0 Å². The van der Waals surface area contributed by atoms with Crippen LogP contribution in [0.5, 0.6) is 0 Å². The Labute approximate surface area is 154 Å². The maximum absolute atomic E-state index is 2.33. The van der Waals surface area contributed by atoms with Gasteiger partial charge in [0.1, 0.15) is 0 Å². The van der Waals surface area contributed by atoms with Gasteiger partial charge in [0.25, 0.3) is 0 Å². The SMILES string of the molecule is CCC[CH2][GeH][CH2]CCC.CCC[CH2][Ge]([CH2]CCC)[CH2]CCC. The molecule has 0 fully saturated rings. The van der Waals surface area contributed by atoms with Crippen molar-refractivity contribution in [1.29, 1.82) is 0 Å². The van der Waals surface area contributed by atoms with Gasteiger partial charge in [-0.25, -0.2) is 0 Å². The van der Waals surface area contributed by atoms with Gasteiger partial charge in [-0.2, -0.15) is 0 Å². The number of hydrogen-bond acceptors (Lipinski definition) is 0. The van der Waals surface area contributed by atoms with Gasteiger partial charge in [0.2, 0.25) is 0 Å². The van der Waals surface area contributed by atoms with E-state index >= 15 is 0 Å². The van der Waals surface area contributed by atoms with Crippen molar-refractivity contribution in [2.75, 3.05) is 0 Å². The average Bonchev–Trinajstić information content (AvgIpc) is 2.55. The fourth-order valence-corrected chi connectivity index (χ4v) is 13.0. The topological polar surface area (TPSA) is 0 Å². The average molecular weight is 432 g/mol. The van der Waals surface area contributed by atoms with Crippen LogP contribution in [-0.2, 0) is 0 Å². The second kappa shape index (κ2) is 24.3.